The molecule has 1 unspecified atom stereocenters. The number of hydrogen-bond acceptors (Lipinski definition) is 19. The van der Waals surface area contributed by atoms with Gasteiger partial charge in [-0.3, -0.25) is 43.2 Å². The summed E-state index contributed by atoms with van der Waals surface area (Å²) >= 11 is 4.47. The van der Waals surface area contributed by atoms with Crippen molar-refractivity contribution in [3.63, 3.8) is 0 Å². The number of nitrogens with zero attached hydrogens (tertiary/aromatic N) is 15. The molecular weight excluding hydrogens is 1840 g/mol. The van der Waals surface area contributed by atoms with Crippen LogP contribution >= 0.6 is 35.3 Å². The molecule has 7 aromatic rings. The molecule has 0 radical (unpaired) electrons. The van der Waals surface area contributed by atoms with Crippen molar-refractivity contribution >= 4 is 122 Å². The van der Waals surface area contributed by atoms with E-state index < -0.39 is 15.7 Å². The minimum absolute atomic E-state index is 0. The third kappa shape index (κ3) is 24.5. The molecule has 0 spiro atoms. The summed E-state index contributed by atoms with van der Waals surface area (Å²) in [4.78, 5) is 155. The van der Waals surface area contributed by atoms with Gasteiger partial charge in [0.1, 0.15) is 33.6 Å². The lowest BCUT2D eigenvalue weighted by Crippen LogP contribution is -2.50. The number of amides is 10. The van der Waals surface area contributed by atoms with E-state index in [1.54, 1.807) is 29.0 Å². The third-order valence-electron chi connectivity index (χ3n) is 29.7. The molecule has 18 rings (SSSR count). The highest BCUT2D eigenvalue weighted by molar-refractivity contribution is 8.01. The summed E-state index contributed by atoms with van der Waals surface area (Å²) in [6, 6.07) is 35.3. The lowest BCUT2D eigenvalue weighted by Gasteiger charge is -2.40. The van der Waals surface area contributed by atoms with Gasteiger partial charge in [-0.25, -0.2) is 32.5 Å². The van der Waals surface area contributed by atoms with Crippen LogP contribution in [0.5, 0.6) is 0 Å². The van der Waals surface area contributed by atoms with E-state index in [1.807, 2.05) is 106 Å². The highest BCUT2D eigenvalue weighted by atomic mass is 32.2. The number of halogens is 3. The number of rotatable bonds is 22. The number of piperazine rings is 3. The fourth-order valence-electron chi connectivity index (χ4n) is 21.4. The van der Waals surface area contributed by atoms with E-state index in [0.717, 1.165) is 148 Å². The molecule has 9 fully saturated rings. The number of likely N-dealkylation sites (tertiary alicyclic amines) is 3. The molecule has 28 nitrogen and oxygen atoms in total. The van der Waals surface area contributed by atoms with Crippen LogP contribution in [0.3, 0.4) is 0 Å². The number of carbonyl (C=O) groups is 8. The Bertz CT molecular complexity index is 5670. The van der Waals surface area contributed by atoms with Crippen molar-refractivity contribution in [2.24, 2.45) is 16.2 Å². The Kier molecular flexibility index (Phi) is 33.0. The first kappa shape index (κ1) is 103. The van der Waals surface area contributed by atoms with Crippen LogP contribution in [0.1, 0.15) is 216 Å². The first-order valence-corrected chi connectivity index (χ1v) is 53.6. The average Bonchev–Trinajstić information content (AvgIpc) is 1.64. The van der Waals surface area contributed by atoms with Gasteiger partial charge in [0.05, 0.1) is 32.6 Å². The largest absolute Gasteiger partial charge is 0.369 e. The number of aromatic nitrogens is 3. The Morgan fingerprint density at radius 1 is 0.450 bits per heavy atom. The molecule has 0 aliphatic carbocycles. The number of urea groups is 2. The van der Waals surface area contributed by atoms with Crippen LogP contribution in [0, 0.1) is 33.7 Å². The molecule has 34 heteroatoms. The van der Waals surface area contributed by atoms with Gasteiger partial charge in [-0.1, -0.05) is 123 Å². The number of aromatic amines is 1. The molecule has 11 aliphatic rings. The zero-order valence-electron chi connectivity index (χ0n) is 83.7. The Labute approximate surface area is 849 Å². The van der Waals surface area contributed by atoms with Crippen LogP contribution in [-0.4, -0.2) is 302 Å². The van der Waals surface area contributed by atoms with E-state index in [-0.39, 0.29) is 153 Å². The van der Waals surface area contributed by atoms with Crippen LogP contribution in [0.2, 0.25) is 0 Å². The minimum Gasteiger partial charge on any atom is -0.369 e. The predicted octanol–water partition coefficient (Wildman–Crippen LogP) is 17.8. The van der Waals surface area contributed by atoms with Gasteiger partial charge in [-0.2, -0.15) is 0 Å². The maximum atomic E-state index is 15.7. The summed E-state index contributed by atoms with van der Waals surface area (Å²) in [7, 11) is 2.10. The monoisotopic (exact) mass is 2000 g/mol. The standard InChI is InChI=1S/C38H53FN6O3S.C35H47FN6O3S.C33H44FN7O3S.9H2/c1-26(2)41-21-23-43(24-22-41)34-29(10-8-11-30(34)39)36-45(20-16-38(3,4)5)35(47)32(49-36)25-33(46)42-17-14-28(15-18-42)44-19-13-27-9-6-7-12-31(27)40-37(44)48;1-35(2,3)14-20-42-32(44)29(46-33(42)26-8-6-9-27(36)31(26)40-21-15-37-16-22-40)23-30(43)39-17-12-25(13-18-39)41-19-11-24-7-4-5-10-28(24)38-34(41)45;1-33(2,3)11-15-40-30(43)27(45-31(40)24-20-22(34)7-8-25(24)38-18-16-37(4)17-19-38)21-28(42)39-13-9-23(10-14-39)41-26-6-5-12-35-29(26)36-32(41)44;;;;;;;;;/h6-12,26,28,32,36H,13-25H2,1-5H3,(H,40,48);4-10,25,29,33,37H,11-23H2,1-3H3,(H,38,45);5-8,12,20,23,27,31H,9-11,13-19,21H2,1-4H3,(H,35,36,44);9*1H/t32-,36+;29-,33?;27-,31+;;;;;;;;;/m000........./s1. The molecule has 0 bridgehead atoms. The summed E-state index contributed by atoms with van der Waals surface area (Å²) < 4.78 is 47.7. The van der Waals surface area contributed by atoms with E-state index in [4.69, 9.17) is 0 Å². The first-order valence-electron chi connectivity index (χ1n) is 50.8. The Morgan fingerprint density at radius 2 is 0.857 bits per heavy atom. The van der Waals surface area contributed by atoms with E-state index >= 15 is 8.78 Å². The van der Waals surface area contributed by atoms with Crippen molar-refractivity contribution in [2.45, 2.75) is 222 Å². The van der Waals surface area contributed by atoms with Crippen molar-refractivity contribution in [2.75, 3.05) is 183 Å². The van der Waals surface area contributed by atoms with Crippen LogP contribution in [0.4, 0.5) is 51.2 Å². The number of thioether (sulfide) groups is 3. The zero-order chi connectivity index (χ0) is 99.2. The number of para-hydroxylation sites is 4. The second-order valence-corrected chi connectivity index (χ2v) is 47.2. The van der Waals surface area contributed by atoms with Crippen LogP contribution in [0.25, 0.3) is 11.2 Å². The number of carbonyl (C=O) groups excluding carboxylic acids is 8. The number of piperidine rings is 3. The molecule has 4 N–H and O–H groups in total. The number of H-pyrrole nitrogens is 1. The number of imidazole rings is 1. The molecule has 0 saturated carbocycles. The Balaban J connectivity index is 0.000000294. The van der Waals surface area contributed by atoms with Gasteiger partial charge in [0.25, 0.3) is 0 Å². The van der Waals surface area contributed by atoms with E-state index in [0.29, 0.717) is 147 Å². The Hall–Kier alpha value is -10.0. The maximum Gasteiger partial charge on any atom is 0.327 e. The van der Waals surface area contributed by atoms with Gasteiger partial charge in [-0.15, -0.1) is 35.3 Å². The van der Waals surface area contributed by atoms with Crippen molar-refractivity contribution < 1.29 is 64.4 Å². The molecule has 9 saturated heterocycles. The summed E-state index contributed by atoms with van der Waals surface area (Å²) in [5.41, 5.74) is 9.78. The molecule has 5 aromatic carbocycles. The summed E-state index contributed by atoms with van der Waals surface area (Å²) in [5, 5.41) is 6.79. The normalized spacial score (nSPS) is 22.7. The average molecular weight is 2000 g/mol. The molecule has 13 heterocycles. The van der Waals surface area contributed by atoms with Gasteiger partial charge in [0.2, 0.25) is 35.4 Å². The van der Waals surface area contributed by atoms with Crippen LogP contribution in [0.15, 0.2) is 126 Å². The van der Waals surface area contributed by atoms with Gasteiger partial charge in [0.15, 0.2) is 5.65 Å². The quantitative estimate of drug-likeness (QED) is 0.0491. The van der Waals surface area contributed by atoms with Crippen LogP contribution in [-0.2, 0) is 41.6 Å². The smallest absolute Gasteiger partial charge is 0.327 e. The fraction of sp³-hybridized carbons (Fsp3) is 0.585. The second kappa shape index (κ2) is 44.9. The molecule has 10 amide bonds. The first-order chi connectivity index (χ1) is 67.0. The predicted molar refractivity (Wildman–Crippen MR) is 572 cm³/mol. The number of nitrogens with one attached hydrogen (secondary N) is 4. The SMILES string of the molecule is CC(C)(C)CCN1C(=O)[C@H](CC(=O)N2CCC(N3CCc4ccccc4NC3=O)CC2)SC1c1cccc(F)c1N1CCNCC1.CC(C)N1CCN(c2c(F)cccc2[C@H]2S[C@@H](CC(=O)N3CCC(N4CCc5ccccc5NC4=O)CC3)C(=O)N2CCC(C)(C)C)CC1.CN1CCN(c2ccc(F)cc2[C@H]2S[C@@H](CC(=O)N3CCC(n4c(=O)[nH]c5ncccc54)CC3)C(=O)N2CCC(C)(C)C)CC1.[HH].[HH].[HH].[HH].[HH].[HH].[HH].[HH].[HH]. The van der Waals surface area contributed by atoms with Crippen molar-refractivity contribution in [3.05, 3.63) is 177 Å². The minimum atomic E-state index is -0.536. The van der Waals surface area contributed by atoms with Crippen molar-refractivity contribution in [1.29, 1.82) is 0 Å². The third-order valence-corrected chi connectivity index (χ3v) is 34.1. The molecular formula is C106H162F3N19O9S3. The van der Waals surface area contributed by atoms with Crippen molar-refractivity contribution in [1.82, 2.24) is 68.9 Å². The van der Waals surface area contributed by atoms with E-state index in [1.165, 1.54) is 53.5 Å². The highest BCUT2D eigenvalue weighted by Crippen LogP contribution is 2.53. The Morgan fingerprint density at radius 3 is 1.29 bits per heavy atom. The number of fused-ring (bicyclic) bond motifs is 3. The van der Waals surface area contributed by atoms with Crippen LogP contribution < -0.4 is 36.3 Å². The molecule has 11 aliphatic heterocycles. The van der Waals surface area contributed by atoms with E-state index in [9.17, 15) is 47.5 Å². The second-order valence-electron chi connectivity index (χ2n) is 43.3. The zero-order valence-corrected chi connectivity index (χ0v) is 86.2. The molecule has 6 atom stereocenters. The van der Waals surface area contributed by atoms with E-state index in [2.05, 4.69) is 146 Å². The molecule has 2 aromatic heterocycles. The number of pyridine rings is 1. The van der Waals surface area contributed by atoms with Crippen molar-refractivity contribution in [3.8, 4) is 0 Å². The summed E-state index contributed by atoms with van der Waals surface area (Å²) in [6.45, 7) is 39.6. The summed E-state index contributed by atoms with van der Waals surface area (Å²) in [6.07, 6.45) is 10.1. The number of hydrogen-bond donors (Lipinski definition) is 4. The summed E-state index contributed by atoms with van der Waals surface area (Å²) in [5.74, 6) is -1.10. The molecule has 140 heavy (non-hydrogen) atoms. The van der Waals surface area contributed by atoms with Gasteiger partial charge in [-0.05, 0) is 173 Å². The lowest BCUT2D eigenvalue weighted by atomic mass is 9.92. The highest BCUT2D eigenvalue weighted by Gasteiger charge is 2.50. The topological polar surface area (TPSA) is 265 Å². The fourth-order valence-corrected chi connectivity index (χ4v) is 25.9. The van der Waals surface area contributed by atoms with Gasteiger partial charge in [0, 0.05) is 247 Å². The number of anilines is 5. The van der Waals surface area contributed by atoms with Gasteiger partial charge < -0.3 is 74.7 Å². The number of likely N-dealkylation sites (N-methyl/N-ethyl adjacent to an activating group) is 1. The maximum absolute atomic E-state index is 15.7. The van der Waals surface area contributed by atoms with Gasteiger partial charge >= 0.3 is 17.8 Å². The molecule has 774 valence electrons. The number of benzene rings is 5. The lowest BCUT2D eigenvalue weighted by molar-refractivity contribution is -0.137.